The number of esters is 1. The molecule has 1 aliphatic heterocycles. The number of hydrogen-bond acceptors (Lipinski definition) is 5. The van der Waals surface area contributed by atoms with Gasteiger partial charge in [0.15, 0.2) is 0 Å². The van der Waals surface area contributed by atoms with E-state index in [0.29, 0.717) is 43.1 Å². The van der Waals surface area contributed by atoms with Gasteiger partial charge in [0, 0.05) is 19.3 Å². The van der Waals surface area contributed by atoms with Gasteiger partial charge in [-0.25, -0.2) is 4.98 Å². The van der Waals surface area contributed by atoms with Crippen LogP contribution in [0.4, 0.5) is 0 Å². The topological polar surface area (TPSA) is 59.5 Å². The zero-order valence-electron chi connectivity index (χ0n) is 17.3. The van der Waals surface area contributed by atoms with E-state index in [1.165, 1.54) is 11.8 Å². The molecule has 1 aliphatic rings. The van der Waals surface area contributed by atoms with Crippen molar-refractivity contribution in [2.75, 3.05) is 26.0 Å². The standard InChI is InChI=1S/C23H28N2O3S/c1-4-28-22(27)23(15-18-10-6-5-9-17(18)2)12-8-14-25(16-23)21(26)19-11-7-13-24-20(19)29-3/h5-7,9-11,13H,4,8,12,14-16H2,1-3H3. The third kappa shape index (κ3) is 4.64. The Morgan fingerprint density at radius 1 is 1.24 bits per heavy atom. The Labute approximate surface area is 176 Å². The van der Waals surface area contributed by atoms with E-state index in [9.17, 15) is 9.59 Å². The zero-order chi connectivity index (χ0) is 20.9. The molecule has 1 saturated heterocycles. The van der Waals surface area contributed by atoms with Gasteiger partial charge in [0.2, 0.25) is 0 Å². The number of rotatable bonds is 6. The molecule has 2 heterocycles. The zero-order valence-corrected chi connectivity index (χ0v) is 18.1. The summed E-state index contributed by atoms with van der Waals surface area (Å²) in [6, 6.07) is 11.7. The number of aromatic nitrogens is 1. The number of nitrogens with zero attached hydrogens (tertiary/aromatic N) is 2. The molecule has 5 nitrogen and oxygen atoms in total. The van der Waals surface area contributed by atoms with Crippen LogP contribution in [0.3, 0.4) is 0 Å². The summed E-state index contributed by atoms with van der Waals surface area (Å²) in [4.78, 5) is 32.5. The van der Waals surface area contributed by atoms with Crippen molar-refractivity contribution in [1.29, 1.82) is 0 Å². The van der Waals surface area contributed by atoms with E-state index in [2.05, 4.69) is 24.0 Å². The lowest BCUT2D eigenvalue weighted by atomic mass is 9.74. The monoisotopic (exact) mass is 412 g/mol. The number of piperidine rings is 1. The number of carbonyl (C=O) groups excluding carboxylic acids is 2. The Morgan fingerprint density at radius 3 is 2.76 bits per heavy atom. The average molecular weight is 413 g/mol. The normalized spacial score (nSPS) is 19.1. The predicted octanol–water partition coefficient (Wildman–Crippen LogP) is 4.14. The van der Waals surface area contributed by atoms with Gasteiger partial charge in [-0.3, -0.25) is 9.59 Å². The summed E-state index contributed by atoms with van der Waals surface area (Å²) in [6.45, 7) is 5.21. The first-order valence-corrected chi connectivity index (χ1v) is 11.2. The largest absolute Gasteiger partial charge is 0.466 e. The molecule has 2 aromatic rings. The van der Waals surface area contributed by atoms with Crippen molar-refractivity contribution in [3.8, 4) is 0 Å². The van der Waals surface area contributed by atoms with Crippen molar-refractivity contribution >= 4 is 23.6 Å². The number of likely N-dealkylation sites (tertiary alicyclic amines) is 1. The number of hydrogen-bond donors (Lipinski definition) is 0. The highest BCUT2D eigenvalue weighted by Crippen LogP contribution is 2.37. The number of ether oxygens (including phenoxy) is 1. The molecule has 0 aliphatic carbocycles. The minimum Gasteiger partial charge on any atom is -0.466 e. The summed E-state index contributed by atoms with van der Waals surface area (Å²) >= 11 is 1.46. The quantitative estimate of drug-likeness (QED) is 0.527. The molecule has 6 heteroatoms. The van der Waals surface area contributed by atoms with Crippen molar-refractivity contribution in [2.24, 2.45) is 5.41 Å². The van der Waals surface area contributed by atoms with Gasteiger partial charge in [-0.15, -0.1) is 11.8 Å². The highest BCUT2D eigenvalue weighted by Gasteiger charge is 2.45. The molecule has 0 spiro atoms. The van der Waals surface area contributed by atoms with E-state index < -0.39 is 5.41 Å². The maximum absolute atomic E-state index is 13.3. The van der Waals surface area contributed by atoms with Crippen molar-refractivity contribution in [1.82, 2.24) is 9.88 Å². The van der Waals surface area contributed by atoms with Crippen LogP contribution in [-0.4, -0.2) is 47.7 Å². The van der Waals surface area contributed by atoms with Gasteiger partial charge in [-0.1, -0.05) is 24.3 Å². The number of amides is 1. The van der Waals surface area contributed by atoms with Crippen molar-refractivity contribution < 1.29 is 14.3 Å². The lowest BCUT2D eigenvalue weighted by Crippen LogP contribution is -2.51. The van der Waals surface area contributed by atoms with E-state index in [1.807, 2.05) is 31.4 Å². The van der Waals surface area contributed by atoms with Gasteiger partial charge < -0.3 is 9.64 Å². The molecular formula is C23H28N2O3S. The van der Waals surface area contributed by atoms with Gasteiger partial charge in [0.05, 0.1) is 17.6 Å². The molecule has 154 valence electrons. The molecule has 3 rings (SSSR count). The Bertz CT molecular complexity index is 886. The summed E-state index contributed by atoms with van der Waals surface area (Å²) in [5.74, 6) is -0.280. The van der Waals surface area contributed by atoms with E-state index in [0.717, 1.165) is 17.5 Å². The van der Waals surface area contributed by atoms with Crippen LogP contribution >= 0.6 is 11.8 Å². The van der Waals surface area contributed by atoms with Gasteiger partial charge in [-0.2, -0.15) is 0 Å². The SMILES string of the molecule is CCOC(=O)C1(Cc2ccccc2C)CCCN(C(=O)c2cccnc2SC)C1. The Morgan fingerprint density at radius 2 is 2.03 bits per heavy atom. The van der Waals surface area contributed by atoms with Crippen LogP contribution in [0.1, 0.15) is 41.3 Å². The van der Waals surface area contributed by atoms with Crippen LogP contribution in [-0.2, 0) is 16.0 Å². The van der Waals surface area contributed by atoms with Gasteiger partial charge >= 0.3 is 5.97 Å². The number of carbonyl (C=O) groups is 2. The fraction of sp³-hybridized carbons (Fsp3) is 0.435. The van der Waals surface area contributed by atoms with Gasteiger partial charge in [-0.05, 0) is 62.6 Å². The highest BCUT2D eigenvalue weighted by molar-refractivity contribution is 7.98. The maximum Gasteiger partial charge on any atom is 0.314 e. The number of thioether (sulfide) groups is 1. The van der Waals surface area contributed by atoms with Crippen molar-refractivity contribution in [2.45, 2.75) is 38.1 Å². The van der Waals surface area contributed by atoms with Gasteiger partial charge in [0.1, 0.15) is 5.03 Å². The minimum atomic E-state index is -0.724. The molecule has 0 N–H and O–H groups in total. The Hall–Kier alpha value is -2.34. The minimum absolute atomic E-state index is 0.0689. The third-order valence-electron chi connectivity index (χ3n) is 5.56. The fourth-order valence-electron chi connectivity index (χ4n) is 4.03. The average Bonchev–Trinajstić information content (AvgIpc) is 2.75. The lowest BCUT2D eigenvalue weighted by molar-refractivity contribution is -0.158. The first-order valence-electron chi connectivity index (χ1n) is 10.0. The summed E-state index contributed by atoms with van der Waals surface area (Å²) in [6.07, 6.45) is 5.67. The van der Waals surface area contributed by atoms with Crippen LogP contribution < -0.4 is 0 Å². The Balaban J connectivity index is 1.92. The first-order chi connectivity index (χ1) is 14.0. The second kappa shape index (κ2) is 9.44. The van der Waals surface area contributed by atoms with E-state index in [4.69, 9.17) is 4.74 Å². The fourth-order valence-corrected chi connectivity index (χ4v) is 4.57. The number of pyridine rings is 1. The molecule has 1 amide bonds. The van der Waals surface area contributed by atoms with Crippen LogP contribution in [0.2, 0.25) is 0 Å². The molecule has 0 bridgehead atoms. The van der Waals surface area contributed by atoms with E-state index in [1.54, 1.807) is 17.2 Å². The number of benzene rings is 1. The smallest absolute Gasteiger partial charge is 0.314 e. The summed E-state index contributed by atoms with van der Waals surface area (Å²) in [5, 5.41) is 0.712. The van der Waals surface area contributed by atoms with Crippen molar-refractivity contribution in [3.63, 3.8) is 0 Å². The predicted molar refractivity (Wildman–Crippen MR) is 115 cm³/mol. The van der Waals surface area contributed by atoms with Crippen molar-refractivity contribution in [3.05, 3.63) is 59.3 Å². The molecule has 0 saturated carbocycles. The van der Waals surface area contributed by atoms with Crippen LogP contribution in [0.5, 0.6) is 0 Å². The van der Waals surface area contributed by atoms with E-state index in [-0.39, 0.29) is 11.9 Å². The molecule has 1 unspecified atom stereocenters. The van der Waals surface area contributed by atoms with Crippen LogP contribution in [0.15, 0.2) is 47.6 Å². The lowest BCUT2D eigenvalue weighted by Gasteiger charge is -2.41. The summed E-state index contributed by atoms with van der Waals surface area (Å²) < 4.78 is 5.48. The first kappa shape index (κ1) is 21.4. The highest BCUT2D eigenvalue weighted by atomic mass is 32.2. The maximum atomic E-state index is 13.3. The molecule has 29 heavy (non-hydrogen) atoms. The number of aryl methyl sites for hydroxylation is 1. The second-order valence-corrected chi connectivity index (χ2v) is 8.29. The van der Waals surface area contributed by atoms with Crippen LogP contribution in [0.25, 0.3) is 0 Å². The van der Waals surface area contributed by atoms with Gasteiger partial charge in [0.25, 0.3) is 5.91 Å². The van der Waals surface area contributed by atoms with E-state index >= 15 is 0 Å². The molecule has 1 atom stereocenters. The van der Waals surface area contributed by atoms with Crippen LogP contribution in [0, 0.1) is 12.3 Å². The molecule has 1 aromatic heterocycles. The summed E-state index contributed by atoms with van der Waals surface area (Å²) in [5.41, 5.74) is 2.14. The molecule has 0 radical (unpaired) electrons. The molecule has 1 fully saturated rings. The Kier molecular flexibility index (Phi) is 6.96. The summed E-state index contributed by atoms with van der Waals surface area (Å²) in [7, 11) is 0. The molecular weight excluding hydrogens is 384 g/mol. The molecule has 1 aromatic carbocycles. The third-order valence-corrected chi connectivity index (χ3v) is 6.27. The second-order valence-electron chi connectivity index (χ2n) is 7.49.